The largest absolute Gasteiger partial charge is 0.387 e. The summed E-state index contributed by atoms with van der Waals surface area (Å²) < 4.78 is 12.8. The normalized spacial score (nSPS) is 18.3. The average Bonchev–Trinajstić information content (AvgIpc) is 2.90. The Kier molecular flexibility index (Phi) is 2.81. The summed E-state index contributed by atoms with van der Waals surface area (Å²) in [6.07, 6.45) is 0.682. The second-order valence-electron chi connectivity index (χ2n) is 4.25. The van der Waals surface area contributed by atoms with E-state index in [1.807, 2.05) is 30.3 Å². The molecule has 2 aromatic carbocycles. The summed E-state index contributed by atoms with van der Waals surface area (Å²) in [5.74, 6) is -0.238. The van der Waals surface area contributed by atoms with E-state index < -0.39 is 0 Å². The van der Waals surface area contributed by atoms with Gasteiger partial charge in [0, 0.05) is 6.42 Å². The quantitative estimate of drug-likeness (QED) is 0.785. The number of nitrogens with zero attached hydrogens (tertiary/aromatic N) is 1. The first-order valence-electron chi connectivity index (χ1n) is 5.86. The van der Waals surface area contributed by atoms with Crippen LogP contribution in [0.15, 0.2) is 59.8 Å². The van der Waals surface area contributed by atoms with Crippen LogP contribution in [0.1, 0.15) is 23.7 Å². The Morgan fingerprint density at radius 1 is 1.00 bits per heavy atom. The van der Waals surface area contributed by atoms with Crippen molar-refractivity contribution < 1.29 is 9.23 Å². The van der Waals surface area contributed by atoms with E-state index in [1.165, 1.54) is 12.1 Å². The molecule has 0 saturated carbocycles. The van der Waals surface area contributed by atoms with Gasteiger partial charge in [0.15, 0.2) is 6.10 Å². The van der Waals surface area contributed by atoms with Crippen LogP contribution in [0.4, 0.5) is 4.39 Å². The first-order valence-corrected chi connectivity index (χ1v) is 5.86. The molecule has 2 nitrogen and oxygen atoms in total. The molecule has 0 fully saturated rings. The van der Waals surface area contributed by atoms with E-state index in [9.17, 15) is 4.39 Å². The molecule has 1 aliphatic heterocycles. The summed E-state index contributed by atoms with van der Waals surface area (Å²) in [6.45, 7) is 0. The summed E-state index contributed by atoms with van der Waals surface area (Å²) in [5, 5.41) is 4.09. The van der Waals surface area contributed by atoms with Gasteiger partial charge < -0.3 is 4.84 Å². The van der Waals surface area contributed by atoms with Gasteiger partial charge in [-0.05, 0) is 23.3 Å². The topological polar surface area (TPSA) is 21.6 Å². The maximum atomic E-state index is 12.8. The van der Waals surface area contributed by atoms with Gasteiger partial charge in [-0.25, -0.2) is 4.39 Å². The first kappa shape index (κ1) is 11.0. The Bertz CT molecular complexity index is 563. The fourth-order valence-corrected chi connectivity index (χ4v) is 2.04. The van der Waals surface area contributed by atoms with Crippen LogP contribution in [0.5, 0.6) is 0 Å². The van der Waals surface area contributed by atoms with Crippen molar-refractivity contribution in [1.82, 2.24) is 0 Å². The van der Waals surface area contributed by atoms with Gasteiger partial charge in [-0.3, -0.25) is 0 Å². The number of halogens is 1. The van der Waals surface area contributed by atoms with Crippen molar-refractivity contribution in [3.8, 4) is 0 Å². The van der Waals surface area contributed by atoms with Gasteiger partial charge in [0.1, 0.15) is 5.82 Å². The minimum absolute atomic E-state index is 0.0359. The van der Waals surface area contributed by atoms with Crippen LogP contribution >= 0.6 is 0 Å². The van der Waals surface area contributed by atoms with Crippen molar-refractivity contribution in [1.29, 1.82) is 0 Å². The molecule has 0 amide bonds. The fourth-order valence-electron chi connectivity index (χ4n) is 2.04. The summed E-state index contributed by atoms with van der Waals surface area (Å²) in [6, 6.07) is 16.3. The average molecular weight is 241 g/mol. The van der Waals surface area contributed by atoms with E-state index in [0.29, 0.717) is 0 Å². The molecule has 0 saturated heterocycles. The molecule has 0 radical (unpaired) electrons. The lowest BCUT2D eigenvalue weighted by molar-refractivity contribution is 0.0857. The number of rotatable bonds is 2. The molecule has 1 atom stereocenters. The summed E-state index contributed by atoms with van der Waals surface area (Å²) in [5.41, 5.74) is 2.89. The Morgan fingerprint density at radius 3 is 2.44 bits per heavy atom. The maximum absolute atomic E-state index is 12.8. The Balaban J connectivity index is 1.77. The van der Waals surface area contributed by atoms with E-state index in [2.05, 4.69) is 5.16 Å². The molecule has 1 unspecified atom stereocenters. The second kappa shape index (κ2) is 4.61. The molecule has 0 aliphatic carbocycles. The fraction of sp³-hybridized carbons (Fsp3) is 0.133. The standard InChI is InChI=1S/C15H12FNO/c16-13-8-6-11(7-9-13)14-10-15(18-17-14)12-4-2-1-3-5-12/h1-9,15H,10H2. The maximum Gasteiger partial charge on any atom is 0.158 e. The lowest BCUT2D eigenvalue weighted by atomic mass is 10.0. The van der Waals surface area contributed by atoms with Crippen LogP contribution in [-0.2, 0) is 4.84 Å². The minimum Gasteiger partial charge on any atom is -0.387 e. The van der Waals surface area contributed by atoms with Gasteiger partial charge in [-0.15, -0.1) is 0 Å². The van der Waals surface area contributed by atoms with Crippen LogP contribution in [0.2, 0.25) is 0 Å². The number of hydrogen-bond donors (Lipinski definition) is 0. The molecular formula is C15H12FNO. The smallest absolute Gasteiger partial charge is 0.158 e. The highest BCUT2D eigenvalue weighted by Crippen LogP contribution is 2.29. The molecule has 0 bridgehead atoms. The van der Waals surface area contributed by atoms with Crippen LogP contribution in [0.25, 0.3) is 0 Å². The van der Waals surface area contributed by atoms with E-state index in [-0.39, 0.29) is 11.9 Å². The molecule has 18 heavy (non-hydrogen) atoms. The van der Waals surface area contributed by atoms with Crippen LogP contribution < -0.4 is 0 Å². The third kappa shape index (κ3) is 2.12. The van der Waals surface area contributed by atoms with E-state index in [0.717, 1.165) is 23.3 Å². The highest BCUT2D eigenvalue weighted by molar-refractivity contribution is 6.01. The van der Waals surface area contributed by atoms with Crippen molar-refractivity contribution in [3.63, 3.8) is 0 Å². The Labute approximate surface area is 105 Å². The Morgan fingerprint density at radius 2 is 1.72 bits per heavy atom. The molecule has 2 aromatic rings. The van der Waals surface area contributed by atoms with Gasteiger partial charge >= 0.3 is 0 Å². The zero-order valence-corrected chi connectivity index (χ0v) is 9.71. The third-order valence-electron chi connectivity index (χ3n) is 3.02. The van der Waals surface area contributed by atoms with Crippen molar-refractivity contribution in [2.45, 2.75) is 12.5 Å². The highest BCUT2D eigenvalue weighted by Gasteiger charge is 2.23. The lowest BCUT2D eigenvalue weighted by Crippen LogP contribution is -2.01. The number of oxime groups is 1. The third-order valence-corrected chi connectivity index (χ3v) is 3.02. The van der Waals surface area contributed by atoms with Crippen molar-refractivity contribution in [3.05, 3.63) is 71.5 Å². The Hall–Kier alpha value is -2.16. The monoisotopic (exact) mass is 241 g/mol. The minimum atomic E-state index is -0.238. The highest BCUT2D eigenvalue weighted by atomic mass is 19.1. The van der Waals surface area contributed by atoms with E-state index in [1.54, 1.807) is 12.1 Å². The predicted octanol–water partition coefficient (Wildman–Crippen LogP) is 3.69. The summed E-state index contributed by atoms with van der Waals surface area (Å²) >= 11 is 0. The molecular weight excluding hydrogens is 229 g/mol. The molecule has 3 rings (SSSR count). The lowest BCUT2D eigenvalue weighted by Gasteiger charge is -2.07. The van der Waals surface area contributed by atoms with Crippen molar-refractivity contribution in [2.75, 3.05) is 0 Å². The van der Waals surface area contributed by atoms with Gasteiger partial charge in [0.2, 0.25) is 0 Å². The second-order valence-corrected chi connectivity index (χ2v) is 4.25. The first-order chi connectivity index (χ1) is 8.83. The van der Waals surface area contributed by atoms with Crippen LogP contribution in [0.3, 0.4) is 0 Å². The van der Waals surface area contributed by atoms with Crippen LogP contribution in [-0.4, -0.2) is 5.71 Å². The molecule has 90 valence electrons. The summed E-state index contributed by atoms with van der Waals surface area (Å²) in [7, 11) is 0. The van der Waals surface area contributed by atoms with Gasteiger partial charge in [-0.2, -0.15) is 0 Å². The van der Waals surface area contributed by atoms with E-state index in [4.69, 9.17) is 4.84 Å². The molecule has 0 N–H and O–H groups in total. The molecule has 1 heterocycles. The van der Waals surface area contributed by atoms with Gasteiger partial charge in [0.05, 0.1) is 5.71 Å². The predicted molar refractivity (Wildman–Crippen MR) is 67.8 cm³/mol. The van der Waals surface area contributed by atoms with Gasteiger partial charge in [-0.1, -0.05) is 47.6 Å². The van der Waals surface area contributed by atoms with E-state index >= 15 is 0 Å². The zero-order chi connectivity index (χ0) is 12.4. The number of benzene rings is 2. The van der Waals surface area contributed by atoms with Crippen molar-refractivity contribution >= 4 is 5.71 Å². The molecule has 0 spiro atoms. The SMILES string of the molecule is Fc1ccc(C2=NOC(c3ccccc3)C2)cc1. The summed E-state index contributed by atoms with van der Waals surface area (Å²) in [4.78, 5) is 5.43. The molecule has 1 aliphatic rings. The van der Waals surface area contributed by atoms with Gasteiger partial charge in [0.25, 0.3) is 0 Å². The van der Waals surface area contributed by atoms with Crippen molar-refractivity contribution in [2.24, 2.45) is 5.16 Å². The molecule has 0 aromatic heterocycles. The number of hydrogen-bond acceptors (Lipinski definition) is 2. The zero-order valence-electron chi connectivity index (χ0n) is 9.71. The molecule has 3 heteroatoms. The van der Waals surface area contributed by atoms with Crippen LogP contribution in [0, 0.1) is 5.82 Å².